The SMILES string of the molecule is N#Cc1cc(F)cc(NCCCN2CCNCC2)c1. The van der Waals surface area contributed by atoms with Crippen LogP contribution in [0.2, 0.25) is 0 Å². The molecule has 102 valence electrons. The van der Waals surface area contributed by atoms with E-state index >= 15 is 0 Å². The van der Waals surface area contributed by atoms with Gasteiger partial charge in [0.05, 0.1) is 11.6 Å². The molecule has 0 amide bonds. The van der Waals surface area contributed by atoms with Gasteiger partial charge in [0, 0.05) is 38.4 Å². The van der Waals surface area contributed by atoms with Crippen molar-refractivity contribution in [2.45, 2.75) is 6.42 Å². The number of nitrogens with zero attached hydrogens (tertiary/aromatic N) is 2. The Bertz CT molecular complexity index is 449. The van der Waals surface area contributed by atoms with Crippen LogP contribution in [0, 0.1) is 17.1 Å². The second kappa shape index (κ2) is 7.07. The van der Waals surface area contributed by atoms with E-state index < -0.39 is 0 Å². The average molecular weight is 262 g/mol. The van der Waals surface area contributed by atoms with Crippen molar-refractivity contribution in [1.82, 2.24) is 10.2 Å². The quantitative estimate of drug-likeness (QED) is 0.788. The van der Waals surface area contributed by atoms with Gasteiger partial charge in [0.1, 0.15) is 5.82 Å². The molecule has 0 bridgehead atoms. The van der Waals surface area contributed by atoms with Gasteiger partial charge in [-0.3, -0.25) is 0 Å². The van der Waals surface area contributed by atoms with E-state index in [0.29, 0.717) is 11.3 Å². The molecule has 1 heterocycles. The Morgan fingerprint density at radius 3 is 2.84 bits per heavy atom. The van der Waals surface area contributed by atoms with Crippen molar-refractivity contribution in [3.63, 3.8) is 0 Å². The van der Waals surface area contributed by atoms with Gasteiger partial charge in [-0.1, -0.05) is 0 Å². The van der Waals surface area contributed by atoms with Crippen LogP contribution in [-0.4, -0.2) is 44.2 Å². The lowest BCUT2D eigenvalue weighted by atomic mass is 10.2. The molecular weight excluding hydrogens is 243 g/mol. The third-order valence-corrected chi connectivity index (χ3v) is 3.22. The van der Waals surface area contributed by atoms with Gasteiger partial charge in [-0.15, -0.1) is 0 Å². The van der Waals surface area contributed by atoms with Crippen molar-refractivity contribution in [3.8, 4) is 6.07 Å². The first-order valence-corrected chi connectivity index (χ1v) is 6.65. The summed E-state index contributed by atoms with van der Waals surface area (Å²) in [5.74, 6) is -0.372. The lowest BCUT2D eigenvalue weighted by molar-refractivity contribution is 0.240. The smallest absolute Gasteiger partial charge is 0.126 e. The van der Waals surface area contributed by atoms with Crippen molar-refractivity contribution in [1.29, 1.82) is 5.26 Å². The van der Waals surface area contributed by atoms with Crippen molar-refractivity contribution in [2.75, 3.05) is 44.6 Å². The van der Waals surface area contributed by atoms with Crippen LogP contribution >= 0.6 is 0 Å². The maximum absolute atomic E-state index is 13.2. The van der Waals surface area contributed by atoms with Crippen LogP contribution in [0.4, 0.5) is 10.1 Å². The summed E-state index contributed by atoms with van der Waals surface area (Å²) in [6.45, 7) is 6.15. The van der Waals surface area contributed by atoms with Gasteiger partial charge in [0.15, 0.2) is 0 Å². The molecule has 0 unspecified atom stereocenters. The molecule has 1 aliphatic rings. The number of halogens is 1. The number of rotatable bonds is 5. The number of anilines is 1. The summed E-state index contributed by atoms with van der Waals surface area (Å²) >= 11 is 0. The van der Waals surface area contributed by atoms with E-state index in [-0.39, 0.29) is 5.82 Å². The fraction of sp³-hybridized carbons (Fsp3) is 0.500. The molecule has 2 rings (SSSR count). The maximum Gasteiger partial charge on any atom is 0.126 e. The number of nitriles is 1. The Morgan fingerprint density at radius 2 is 2.11 bits per heavy atom. The lowest BCUT2D eigenvalue weighted by Gasteiger charge is -2.27. The summed E-state index contributed by atoms with van der Waals surface area (Å²) in [5.41, 5.74) is 1.03. The molecule has 4 nitrogen and oxygen atoms in total. The zero-order valence-corrected chi connectivity index (χ0v) is 11.0. The first-order chi connectivity index (χ1) is 9.28. The second-order valence-electron chi connectivity index (χ2n) is 4.71. The van der Waals surface area contributed by atoms with Crippen LogP contribution in [0.25, 0.3) is 0 Å². The predicted octanol–water partition coefficient (Wildman–Crippen LogP) is 1.40. The summed E-state index contributed by atoms with van der Waals surface area (Å²) < 4.78 is 13.2. The van der Waals surface area contributed by atoms with Crippen LogP contribution in [0.5, 0.6) is 0 Å². The van der Waals surface area contributed by atoms with Crippen molar-refractivity contribution in [2.24, 2.45) is 0 Å². The maximum atomic E-state index is 13.2. The normalized spacial score (nSPS) is 16.0. The third-order valence-electron chi connectivity index (χ3n) is 3.22. The van der Waals surface area contributed by atoms with E-state index in [2.05, 4.69) is 15.5 Å². The Morgan fingerprint density at radius 1 is 1.32 bits per heavy atom. The molecule has 5 heteroatoms. The molecule has 0 aromatic heterocycles. The van der Waals surface area contributed by atoms with E-state index in [1.54, 1.807) is 6.07 Å². The molecule has 1 aromatic carbocycles. The monoisotopic (exact) mass is 262 g/mol. The van der Waals surface area contributed by atoms with Gasteiger partial charge in [0.25, 0.3) is 0 Å². The van der Waals surface area contributed by atoms with Crippen molar-refractivity contribution >= 4 is 5.69 Å². The lowest BCUT2D eigenvalue weighted by Crippen LogP contribution is -2.44. The zero-order valence-electron chi connectivity index (χ0n) is 11.0. The van der Waals surface area contributed by atoms with Gasteiger partial charge in [-0.25, -0.2) is 4.39 Å². The molecule has 0 saturated carbocycles. The Hall–Kier alpha value is -1.64. The fourth-order valence-electron chi connectivity index (χ4n) is 2.23. The molecule has 2 N–H and O–H groups in total. The standard InChI is InChI=1S/C14H19FN4/c15-13-8-12(11-16)9-14(10-13)18-2-1-5-19-6-3-17-4-7-19/h8-10,17-18H,1-7H2. The Kier molecular flexibility index (Phi) is 5.13. The van der Waals surface area contributed by atoms with Gasteiger partial charge in [-0.2, -0.15) is 5.26 Å². The van der Waals surface area contributed by atoms with Gasteiger partial charge in [-0.05, 0) is 31.2 Å². The average Bonchev–Trinajstić information content (AvgIpc) is 2.44. The summed E-state index contributed by atoms with van der Waals surface area (Å²) in [6, 6.07) is 6.29. The largest absolute Gasteiger partial charge is 0.385 e. The number of hydrogen-bond acceptors (Lipinski definition) is 4. The minimum absolute atomic E-state index is 0.351. The van der Waals surface area contributed by atoms with Crippen molar-refractivity contribution in [3.05, 3.63) is 29.6 Å². The highest BCUT2D eigenvalue weighted by Gasteiger charge is 2.08. The minimum Gasteiger partial charge on any atom is -0.385 e. The number of hydrogen-bond donors (Lipinski definition) is 2. The summed E-state index contributed by atoms with van der Waals surface area (Å²) in [7, 11) is 0. The minimum atomic E-state index is -0.372. The van der Waals surface area contributed by atoms with E-state index in [9.17, 15) is 4.39 Å². The number of benzene rings is 1. The van der Waals surface area contributed by atoms with Crippen LogP contribution in [0.1, 0.15) is 12.0 Å². The van der Waals surface area contributed by atoms with Gasteiger partial charge in [0.2, 0.25) is 0 Å². The summed E-state index contributed by atoms with van der Waals surface area (Å²) in [5, 5.41) is 15.3. The van der Waals surface area contributed by atoms with E-state index in [4.69, 9.17) is 5.26 Å². The fourth-order valence-corrected chi connectivity index (χ4v) is 2.23. The van der Waals surface area contributed by atoms with E-state index in [0.717, 1.165) is 45.7 Å². The first-order valence-electron chi connectivity index (χ1n) is 6.65. The van der Waals surface area contributed by atoms with Crippen molar-refractivity contribution < 1.29 is 4.39 Å². The molecule has 0 spiro atoms. The third kappa shape index (κ3) is 4.51. The number of piperazine rings is 1. The molecule has 1 aromatic rings. The van der Waals surface area contributed by atoms with Crippen LogP contribution in [0.3, 0.4) is 0 Å². The molecule has 19 heavy (non-hydrogen) atoms. The van der Waals surface area contributed by atoms with E-state index in [1.807, 2.05) is 6.07 Å². The molecule has 0 aliphatic carbocycles. The molecule has 1 saturated heterocycles. The van der Waals surface area contributed by atoms with Gasteiger partial charge < -0.3 is 15.5 Å². The Labute approximate surface area is 113 Å². The van der Waals surface area contributed by atoms with Crippen LogP contribution in [0.15, 0.2) is 18.2 Å². The van der Waals surface area contributed by atoms with Crippen LogP contribution < -0.4 is 10.6 Å². The van der Waals surface area contributed by atoms with Crippen LogP contribution in [-0.2, 0) is 0 Å². The highest BCUT2D eigenvalue weighted by atomic mass is 19.1. The molecule has 1 aliphatic heterocycles. The number of nitrogens with one attached hydrogen (secondary N) is 2. The molecule has 1 fully saturated rings. The zero-order chi connectivity index (χ0) is 13.5. The highest BCUT2D eigenvalue weighted by molar-refractivity contribution is 5.49. The highest BCUT2D eigenvalue weighted by Crippen LogP contribution is 2.13. The predicted molar refractivity (Wildman–Crippen MR) is 73.5 cm³/mol. The topological polar surface area (TPSA) is 51.1 Å². The Balaban J connectivity index is 1.73. The summed E-state index contributed by atoms with van der Waals surface area (Å²) in [4.78, 5) is 2.42. The summed E-state index contributed by atoms with van der Waals surface area (Å²) in [6.07, 6.45) is 1.01. The first kappa shape index (κ1) is 13.8. The molecule has 0 radical (unpaired) electrons. The van der Waals surface area contributed by atoms with E-state index in [1.165, 1.54) is 12.1 Å². The molecule has 0 atom stereocenters. The van der Waals surface area contributed by atoms with Gasteiger partial charge >= 0.3 is 0 Å². The second-order valence-corrected chi connectivity index (χ2v) is 4.71. The molecular formula is C14H19FN4.